The SMILES string of the molecule is O=c1ccc(F)cn1-c1ccc(CO)cc1.OCc1ccc(I)cc1. The summed E-state index contributed by atoms with van der Waals surface area (Å²) < 4.78 is 15.4. The summed E-state index contributed by atoms with van der Waals surface area (Å²) in [5.74, 6) is -0.467. The standard InChI is InChI=1S/C12H10FNO2.C7H7IO/c13-10-3-6-12(16)14(7-10)11-4-1-9(8-15)2-5-11;8-7-3-1-6(5-9)2-4-7/h1-7,15H,8H2;1-4,9H,5H2. The van der Waals surface area contributed by atoms with E-state index < -0.39 is 5.82 Å². The largest absolute Gasteiger partial charge is 0.392 e. The first-order valence-corrected chi connectivity index (χ1v) is 8.55. The molecule has 0 aliphatic rings. The molecule has 0 amide bonds. The van der Waals surface area contributed by atoms with Gasteiger partial charge in [-0.2, -0.15) is 0 Å². The molecule has 0 radical (unpaired) electrons. The zero-order chi connectivity index (χ0) is 18.2. The minimum Gasteiger partial charge on any atom is -0.392 e. The van der Waals surface area contributed by atoms with Crippen molar-refractivity contribution >= 4 is 22.6 Å². The number of pyridine rings is 1. The van der Waals surface area contributed by atoms with E-state index in [9.17, 15) is 9.18 Å². The van der Waals surface area contributed by atoms with E-state index in [4.69, 9.17) is 10.2 Å². The maximum atomic E-state index is 13.0. The highest BCUT2D eigenvalue weighted by molar-refractivity contribution is 14.1. The molecule has 2 N–H and O–H groups in total. The Morgan fingerprint density at radius 1 is 0.840 bits per heavy atom. The van der Waals surface area contributed by atoms with Crippen molar-refractivity contribution in [3.63, 3.8) is 0 Å². The molecule has 25 heavy (non-hydrogen) atoms. The van der Waals surface area contributed by atoms with Gasteiger partial charge in [0.25, 0.3) is 5.56 Å². The third kappa shape index (κ3) is 5.77. The Bertz CT molecular complexity index is 861. The van der Waals surface area contributed by atoms with Crippen molar-refractivity contribution in [3.05, 3.63) is 97.7 Å². The van der Waals surface area contributed by atoms with Crippen LogP contribution in [0.4, 0.5) is 4.39 Å². The number of nitrogens with zero attached hydrogens (tertiary/aromatic N) is 1. The minimum absolute atomic E-state index is 0.0572. The molecule has 0 bridgehead atoms. The van der Waals surface area contributed by atoms with Gasteiger partial charge in [-0.05, 0) is 64.0 Å². The first kappa shape index (κ1) is 19.3. The number of aliphatic hydroxyl groups is 2. The number of halogens is 2. The van der Waals surface area contributed by atoms with E-state index in [0.29, 0.717) is 5.69 Å². The van der Waals surface area contributed by atoms with Gasteiger partial charge in [-0.3, -0.25) is 9.36 Å². The van der Waals surface area contributed by atoms with Crippen LogP contribution in [-0.2, 0) is 13.2 Å². The van der Waals surface area contributed by atoms with Crippen LogP contribution >= 0.6 is 22.6 Å². The van der Waals surface area contributed by atoms with Crippen molar-refractivity contribution in [2.75, 3.05) is 0 Å². The number of hydrogen-bond acceptors (Lipinski definition) is 3. The number of benzene rings is 2. The fourth-order valence-corrected chi connectivity index (χ4v) is 2.37. The third-order valence-electron chi connectivity index (χ3n) is 3.37. The maximum absolute atomic E-state index is 13.0. The lowest BCUT2D eigenvalue weighted by molar-refractivity contribution is 0.281. The van der Waals surface area contributed by atoms with E-state index in [2.05, 4.69) is 22.6 Å². The fourth-order valence-electron chi connectivity index (χ4n) is 2.01. The van der Waals surface area contributed by atoms with E-state index in [0.717, 1.165) is 23.4 Å². The first-order valence-electron chi connectivity index (χ1n) is 7.47. The van der Waals surface area contributed by atoms with Crippen LogP contribution in [0.5, 0.6) is 0 Å². The summed E-state index contributed by atoms with van der Waals surface area (Å²) in [6.07, 6.45) is 1.14. The van der Waals surface area contributed by atoms with Crippen LogP contribution in [0, 0.1) is 9.39 Å². The summed E-state index contributed by atoms with van der Waals surface area (Å²) in [7, 11) is 0. The molecule has 0 aliphatic carbocycles. The Hall–Kier alpha value is -2.03. The summed E-state index contributed by atoms with van der Waals surface area (Å²) in [6, 6.07) is 16.8. The number of aromatic nitrogens is 1. The Kier molecular flexibility index (Phi) is 7.30. The molecule has 0 aliphatic heterocycles. The van der Waals surface area contributed by atoms with Crippen LogP contribution in [0.1, 0.15) is 11.1 Å². The van der Waals surface area contributed by atoms with E-state index in [-0.39, 0.29) is 18.8 Å². The molecule has 1 aromatic heterocycles. The van der Waals surface area contributed by atoms with Crippen LogP contribution in [0.2, 0.25) is 0 Å². The predicted octanol–water partition coefficient (Wildman–Crippen LogP) is 3.25. The van der Waals surface area contributed by atoms with Crippen molar-refractivity contribution in [2.45, 2.75) is 13.2 Å². The van der Waals surface area contributed by atoms with E-state index in [1.165, 1.54) is 14.2 Å². The van der Waals surface area contributed by atoms with E-state index in [1.54, 1.807) is 24.3 Å². The molecule has 4 nitrogen and oxygen atoms in total. The van der Waals surface area contributed by atoms with Crippen LogP contribution in [0.25, 0.3) is 5.69 Å². The zero-order valence-corrected chi connectivity index (χ0v) is 15.4. The Morgan fingerprint density at radius 2 is 1.36 bits per heavy atom. The molecular weight excluding hydrogens is 436 g/mol. The van der Waals surface area contributed by atoms with E-state index >= 15 is 0 Å². The predicted molar refractivity (Wildman–Crippen MR) is 103 cm³/mol. The van der Waals surface area contributed by atoms with Gasteiger partial charge in [0.15, 0.2) is 0 Å². The zero-order valence-electron chi connectivity index (χ0n) is 13.3. The van der Waals surface area contributed by atoms with Crippen molar-refractivity contribution in [3.8, 4) is 5.69 Å². The van der Waals surface area contributed by atoms with Gasteiger partial charge in [0.1, 0.15) is 5.82 Å². The summed E-state index contributed by atoms with van der Waals surface area (Å²) >= 11 is 2.23. The molecule has 0 fully saturated rings. The van der Waals surface area contributed by atoms with Crippen molar-refractivity contribution in [1.29, 1.82) is 0 Å². The van der Waals surface area contributed by atoms with Gasteiger partial charge in [-0.1, -0.05) is 24.3 Å². The number of rotatable bonds is 3. The van der Waals surface area contributed by atoms with Gasteiger partial charge in [-0.25, -0.2) is 4.39 Å². The van der Waals surface area contributed by atoms with Gasteiger partial charge in [0.2, 0.25) is 0 Å². The second kappa shape index (κ2) is 9.45. The molecule has 0 spiro atoms. The smallest absolute Gasteiger partial charge is 0.255 e. The number of hydrogen-bond donors (Lipinski definition) is 2. The molecule has 3 aromatic rings. The summed E-state index contributed by atoms with van der Waals surface area (Å²) in [6.45, 7) is 0.0786. The molecule has 0 saturated carbocycles. The van der Waals surface area contributed by atoms with Crippen LogP contribution in [-0.4, -0.2) is 14.8 Å². The van der Waals surface area contributed by atoms with Crippen molar-refractivity contribution in [1.82, 2.24) is 4.57 Å². The van der Waals surface area contributed by atoms with Gasteiger partial charge < -0.3 is 10.2 Å². The van der Waals surface area contributed by atoms with Crippen LogP contribution in [0.15, 0.2) is 71.7 Å². The Balaban J connectivity index is 0.000000212. The molecular formula is C19H17FINO3. The first-order chi connectivity index (χ1) is 12.0. The fraction of sp³-hybridized carbons (Fsp3) is 0.105. The monoisotopic (exact) mass is 453 g/mol. The van der Waals surface area contributed by atoms with E-state index in [1.807, 2.05) is 24.3 Å². The van der Waals surface area contributed by atoms with Crippen molar-refractivity contribution in [2.24, 2.45) is 0 Å². The highest BCUT2D eigenvalue weighted by atomic mass is 127. The molecule has 0 atom stereocenters. The molecule has 1 heterocycles. The third-order valence-corrected chi connectivity index (χ3v) is 4.09. The normalized spacial score (nSPS) is 10.1. The maximum Gasteiger partial charge on any atom is 0.255 e. The van der Waals surface area contributed by atoms with Crippen LogP contribution in [0.3, 0.4) is 0 Å². The van der Waals surface area contributed by atoms with Gasteiger partial charge >= 0.3 is 0 Å². The second-order valence-corrected chi connectivity index (χ2v) is 6.41. The molecule has 2 aromatic carbocycles. The highest BCUT2D eigenvalue weighted by Crippen LogP contribution is 2.08. The molecule has 3 rings (SSSR count). The van der Waals surface area contributed by atoms with Gasteiger partial charge in [0.05, 0.1) is 13.2 Å². The number of aliphatic hydroxyl groups excluding tert-OH is 2. The van der Waals surface area contributed by atoms with Gasteiger partial charge in [-0.15, -0.1) is 0 Å². The summed E-state index contributed by atoms with van der Waals surface area (Å²) in [5.41, 5.74) is 1.99. The lowest BCUT2D eigenvalue weighted by Crippen LogP contribution is -2.16. The molecule has 0 unspecified atom stereocenters. The highest BCUT2D eigenvalue weighted by Gasteiger charge is 2.01. The average Bonchev–Trinajstić information content (AvgIpc) is 2.65. The summed E-state index contributed by atoms with van der Waals surface area (Å²) in [5, 5.41) is 17.5. The summed E-state index contributed by atoms with van der Waals surface area (Å²) in [4.78, 5) is 11.5. The lowest BCUT2D eigenvalue weighted by Gasteiger charge is -2.05. The second-order valence-electron chi connectivity index (χ2n) is 5.16. The Labute approximate surface area is 158 Å². The molecule has 6 heteroatoms. The van der Waals surface area contributed by atoms with Crippen molar-refractivity contribution < 1.29 is 14.6 Å². The topological polar surface area (TPSA) is 62.5 Å². The quantitative estimate of drug-likeness (QED) is 0.599. The van der Waals surface area contributed by atoms with Gasteiger partial charge in [0, 0.05) is 21.5 Å². The Morgan fingerprint density at radius 3 is 1.88 bits per heavy atom. The molecule has 130 valence electrons. The average molecular weight is 453 g/mol. The van der Waals surface area contributed by atoms with Crippen LogP contribution < -0.4 is 5.56 Å². The minimum atomic E-state index is -0.467. The molecule has 0 saturated heterocycles. The lowest BCUT2D eigenvalue weighted by atomic mass is 10.2.